The zero-order valence-corrected chi connectivity index (χ0v) is 19.6. The largest absolute Gasteiger partial charge is 0.397 e. The van der Waals surface area contributed by atoms with Crippen LogP contribution in [0.1, 0.15) is 23.7 Å². The second-order valence-corrected chi connectivity index (χ2v) is 8.78. The van der Waals surface area contributed by atoms with E-state index in [4.69, 9.17) is 5.73 Å². The Balaban J connectivity index is 1.41. The summed E-state index contributed by atoms with van der Waals surface area (Å²) in [7, 11) is 0. The molecule has 0 unspecified atom stereocenters. The molecule has 2 aromatic carbocycles. The van der Waals surface area contributed by atoms with E-state index < -0.39 is 0 Å². The highest BCUT2D eigenvalue weighted by molar-refractivity contribution is 8.11. The molecule has 0 amide bonds. The molecule has 0 saturated heterocycles. The number of nitrogens with one attached hydrogen (secondary N) is 2. The smallest absolute Gasteiger partial charge is 0.137 e. The second-order valence-electron chi connectivity index (χ2n) is 7.65. The van der Waals surface area contributed by atoms with Crippen molar-refractivity contribution in [1.29, 1.82) is 0 Å². The minimum atomic E-state index is 0.686. The number of hydrogen-bond acceptors (Lipinski definition) is 5. The standard InChI is InChI=1S/C27H27N5S/c1-5-26(25-17-29-27-16-18(2)14-15-32(25)27)33-20(4)31-22-12-10-21(11-13-22)19(3)30-24-9-7-6-8-23(24)28/h5-17,30-31H,3-4,28H2,1-2H3/b26-5-. The first-order valence-corrected chi connectivity index (χ1v) is 11.4. The fourth-order valence-corrected chi connectivity index (χ4v) is 4.25. The van der Waals surface area contributed by atoms with Crippen molar-refractivity contribution in [1.82, 2.24) is 9.38 Å². The Hall–Kier alpha value is -3.90. The number of benzene rings is 2. The molecular formula is C27H27N5S. The Morgan fingerprint density at radius 2 is 1.82 bits per heavy atom. The molecule has 0 radical (unpaired) electrons. The summed E-state index contributed by atoms with van der Waals surface area (Å²) >= 11 is 1.58. The SMILES string of the molecule is C=C(Nc1ccc(C(=C)Nc2ccccc2N)cc1)S/C(=C\C)c1cnc2cc(C)ccn12. The summed E-state index contributed by atoms with van der Waals surface area (Å²) < 4.78 is 2.09. The zero-order chi connectivity index (χ0) is 23.4. The molecule has 0 aliphatic rings. The van der Waals surface area contributed by atoms with E-state index in [-0.39, 0.29) is 0 Å². The van der Waals surface area contributed by atoms with Crippen LogP contribution >= 0.6 is 11.8 Å². The van der Waals surface area contributed by atoms with E-state index in [1.165, 1.54) is 5.56 Å². The number of nitrogens with zero attached hydrogens (tertiary/aromatic N) is 2. The average Bonchev–Trinajstić information content (AvgIpc) is 3.22. The van der Waals surface area contributed by atoms with Gasteiger partial charge in [0, 0.05) is 22.5 Å². The van der Waals surface area contributed by atoms with E-state index in [2.05, 4.69) is 64.5 Å². The van der Waals surface area contributed by atoms with Gasteiger partial charge >= 0.3 is 0 Å². The van der Waals surface area contributed by atoms with Crippen LogP contribution in [-0.4, -0.2) is 9.38 Å². The van der Waals surface area contributed by atoms with Gasteiger partial charge < -0.3 is 16.4 Å². The molecule has 0 spiro atoms. The lowest BCUT2D eigenvalue weighted by atomic mass is 10.1. The number of aryl methyl sites for hydroxylation is 1. The molecule has 4 rings (SSSR count). The lowest BCUT2D eigenvalue weighted by molar-refractivity contribution is 1.15. The van der Waals surface area contributed by atoms with Crippen LogP contribution in [0, 0.1) is 6.92 Å². The Morgan fingerprint density at radius 1 is 1.06 bits per heavy atom. The van der Waals surface area contributed by atoms with Crippen molar-refractivity contribution in [3.05, 3.63) is 114 Å². The van der Waals surface area contributed by atoms with Crippen LogP contribution in [0.2, 0.25) is 0 Å². The van der Waals surface area contributed by atoms with Gasteiger partial charge in [0.15, 0.2) is 0 Å². The van der Waals surface area contributed by atoms with Gasteiger partial charge in [-0.25, -0.2) is 4.98 Å². The van der Waals surface area contributed by atoms with Crippen molar-refractivity contribution in [3.63, 3.8) is 0 Å². The van der Waals surface area contributed by atoms with E-state index in [1.807, 2.05) is 61.7 Å². The number of rotatable bonds is 8. The van der Waals surface area contributed by atoms with Gasteiger partial charge in [-0.1, -0.05) is 55.3 Å². The number of imidazole rings is 1. The summed E-state index contributed by atoms with van der Waals surface area (Å²) in [5.74, 6) is 0. The summed E-state index contributed by atoms with van der Waals surface area (Å²) in [5, 5.41) is 7.48. The fraction of sp³-hybridized carbons (Fsp3) is 0.0741. The number of nitrogen functional groups attached to an aromatic ring is 1. The molecule has 5 nitrogen and oxygen atoms in total. The highest BCUT2D eigenvalue weighted by Crippen LogP contribution is 2.34. The number of para-hydroxylation sites is 2. The van der Waals surface area contributed by atoms with E-state index in [1.54, 1.807) is 11.8 Å². The maximum Gasteiger partial charge on any atom is 0.137 e. The molecule has 0 atom stereocenters. The predicted octanol–water partition coefficient (Wildman–Crippen LogP) is 6.99. The summed E-state index contributed by atoms with van der Waals surface area (Å²) in [6.45, 7) is 12.4. The van der Waals surface area contributed by atoms with E-state index in [0.29, 0.717) is 5.69 Å². The van der Waals surface area contributed by atoms with Crippen molar-refractivity contribution >= 4 is 45.1 Å². The summed E-state index contributed by atoms with van der Waals surface area (Å²) in [5.41, 5.74) is 13.4. The number of thioether (sulfide) groups is 1. The predicted molar refractivity (Wildman–Crippen MR) is 144 cm³/mol. The molecule has 2 aromatic heterocycles. The number of aromatic nitrogens is 2. The first-order valence-electron chi connectivity index (χ1n) is 10.6. The molecule has 0 aliphatic carbocycles. The van der Waals surface area contributed by atoms with Crippen molar-refractivity contribution in [2.45, 2.75) is 13.8 Å². The molecule has 2 heterocycles. The number of pyridine rings is 1. The third kappa shape index (κ3) is 5.13. The van der Waals surface area contributed by atoms with Crippen molar-refractivity contribution in [3.8, 4) is 0 Å². The third-order valence-electron chi connectivity index (χ3n) is 5.18. The number of hydrogen-bond donors (Lipinski definition) is 3. The van der Waals surface area contributed by atoms with Crippen molar-refractivity contribution in [2.75, 3.05) is 16.4 Å². The van der Waals surface area contributed by atoms with Crippen molar-refractivity contribution < 1.29 is 0 Å². The topological polar surface area (TPSA) is 67.4 Å². The van der Waals surface area contributed by atoms with E-state index in [0.717, 1.165) is 43.9 Å². The number of anilines is 3. The van der Waals surface area contributed by atoms with Crippen LogP contribution in [0.4, 0.5) is 17.1 Å². The zero-order valence-electron chi connectivity index (χ0n) is 18.8. The molecule has 0 bridgehead atoms. The van der Waals surface area contributed by atoms with E-state index in [9.17, 15) is 0 Å². The van der Waals surface area contributed by atoms with Crippen LogP contribution in [0.3, 0.4) is 0 Å². The third-order valence-corrected chi connectivity index (χ3v) is 6.19. The Labute approximate surface area is 198 Å². The quantitative estimate of drug-likeness (QED) is 0.251. The highest BCUT2D eigenvalue weighted by atomic mass is 32.2. The molecule has 166 valence electrons. The van der Waals surface area contributed by atoms with Gasteiger partial charge in [0.05, 0.1) is 28.3 Å². The number of fused-ring (bicyclic) bond motifs is 1. The molecule has 33 heavy (non-hydrogen) atoms. The van der Waals surface area contributed by atoms with Gasteiger partial charge in [0.25, 0.3) is 0 Å². The highest BCUT2D eigenvalue weighted by Gasteiger charge is 2.11. The van der Waals surface area contributed by atoms with Gasteiger partial charge in [0.1, 0.15) is 5.65 Å². The molecule has 4 N–H and O–H groups in total. The Morgan fingerprint density at radius 3 is 2.55 bits per heavy atom. The van der Waals surface area contributed by atoms with Crippen LogP contribution in [-0.2, 0) is 0 Å². The monoisotopic (exact) mass is 453 g/mol. The molecule has 6 heteroatoms. The molecule has 0 fully saturated rings. The van der Waals surface area contributed by atoms with Crippen LogP contribution in [0.5, 0.6) is 0 Å². The molecular weight excluding hydrogens is 426 g/mol. The lowest BCUT2D eigenvalue weighted by Crippen LogP contribution is -2.01. The maximum absolute atomic E-state index is 6.01. The first-order chi connectivity index (χ1) is 15.9. The van der Waals surface area contributed by atoms with Crippen LogP contribution in [0.25, 0.3) is 16.2 Å². The summed E-state index contributed by atoms with van der Waals surface area (Å²) in [6, 6.07) is 19.8. The minimum Gasteiger partial charge on any atom is -0.397 e. The molecule has 4 aromatic rings. The Bertz CT molecular complexity index is 1350. The minimum absolute atomic E-state index is 0.686. The summed E-state index contributed by atoms with van der Waals surface area (Å²) in [4.78, 5) is 5.62. The van der Waals surface area contributed by atoms with Gasteiger partial charge in [-0.3, -0.25) is 4.40 Å². The molecule has 0 saturated carbocycles. The van der Waals surface area contributed by atoms with Gasteiger partial charge in [-0.05, 0) is 61.4 Å². The van der Waals surface area contributed by atoms with E-state index >= 15 is 0 Å². The lowest BCUT2D eigenvalue weighted by Gasteiger charge is -2.14. The summed E-state index contributed by atoms with van der Waals surface area (Å²) in [6.07, 6.45) is 6.03. The molecule has 0 aliphatic heterocycles. The first kappa shape index (κ1) is 22.3. The van der Waals surface area contributed by atoms with Gasteiger partial charge in [0.2, 0.25) is 0 Å². The fourth-order valence-electron chi connectivity index (χ4n) is 3.44. The second kappa shape index (κ2) is 9.71. The van der Waals surface area contributed by atoms with Gasteiger partial charge in [-0.2, -0.15) is 0 Å². The van der Waals surface area contributed by atoms with Gasteiger partial charge in [-0.15, -0.1) is 0 Å². The van der Waals surface area contributed by atoms with Crippen LogP contribution < -0.4 is 16.4 Å². The van der Waals surface area contributed by atoms with Crippen LogP contribution in [0.15, 0.2) is 97.3 Å². The van der Waals surface area contributed by atoms with Crippen molar-refractivity contribution in [2.24, 2.45) is 0 Å². The average molecular weight is 454 g/mol. The maximum atomic E-state index is 6.01. The number of nitrogens with two attached hydrogens (primary N) is 1. The number of allylic oxidation sites excluding steroid dienone is 1. The normalized spacial score (nSPS) is 11.4. The Kier molecular flexibility index (Phi) is 6.56.